The maximum atomic E-state index is 10.2. The summed E-state index contributed by atoms with van der Waals surface area (Å²) in [6.45, 7) is 0. The average molecular weight is 662 g/mol. The smallest absolute Gasteiger partial charge is 0.236 e. The molecule has 8 aromatic carbocycles. The summed E-state index contributed by atoms with van der Waals surface area (Å²) in [6, 6.07) is 60.1. The molecule has 3 aromatic heterocycles. The van der Waals surface area contributed by atoms with Gasteiger partial charge in [-0.05, 0) is 87.3 Å². The van der Waals surface area contributed by atoms with E-state index < -0.39 is 0 Å². The number of nitriles is 1. The van der Waals surface area contributed by atoms with E-state index in [1.54, 1.807) is 0 Å². The highest BCUT2D eigenvalue weighted by molar-refractivity contribution is 6.25. The van der Waals surface area contributed by atoms with Crippen LogP contribution in [0.1, 0.15) is 5.69 Å². The van der Waals surface area contributed by atoms with Crippen LogP contribution in [0.3, 0.4) is 0 Å². The Labute approximate surface area is 297 Å². The fourth-order valence-corrected chi connectivity index (χ4v) is 8.35. The monoisotopic (exact) mass is 661 g/mol. The second kappa shape index (κ2) is 10.9. The van der Waals surface area contributed by atoms with Gasteiger partial charge in [-0.3, -0.25) is 4.57 Å². The van der Waals surface area contributed by atoms with Crippen LogP contribution in [0.5, 0.6) is 0 Å². The number of hydrogen-bond acceptors (Lipinski definition) is 3. The molecule has 11 rings (SSSR count). The Morgan fingerprint density at radius 2 is 1.10 bits per heavy atom. The Morgan fingerprint density at radius 1 is 0.442 bits per heavy atom. The summed E-state index contributed by atoms with van der Waals surface area (Å²) >= 11 is 0. The highest BCUT2D eigenvalue weighted by Crippen LogP contribution is 2.43. The molecule has 0 atom stereocenters. The Balaban J connectivity index is 1.26. The van der Waals surface area contributed by atoms with Crippen molar-refractivity contribution in [3.8, 4) is 28.8 Å². The van der Waals surface area contributed by atoms with Crippen LogP contribution in [-0.4, -0.2) is 19.1 Å². The number of rotatable bonds is 3. The van der Waals surface area contributed by atoms with Gasteiger partial charge in [0.2, 0.25) is 5.95 Å². The first-order valence-corrected chi connectivity index (χ1v) is 17.4. The van der Waals surface area contributed by atoms with Crippen molar-refractivity contribution in [1.29, 1.82) is 5.26 Å². The van der Waals surface area contributed by atoms with Crippen LogP contribution >= 0.6 is 0 Å². The quantitative estimate of drug-likeness (QED) is 0.189. The van der Waals surface area contributed by atoms with E-state index in [0.717, 1.165) is 60.4 Å². The summed E-state index contributed by atoms with van der Waals surface area (Å²) in [6.07, 6.45) is 0. The maximum absolute atomic E-state index is 10.2. The fraction of sp³-hybridized carbons (Fsp3) is 0. The summed E-state index contributed by atoms with van der Waals surface area (Å²) in [7, 11) is 0. The van der Waals surface area contributed by atoms with Crippen LogP contribution in [0, 0.1) is 11.3 Å². The minimum Gasteiger partial charge on any atom is -0.309 e. The molecule has 5 heteroatoms. The average Bonchev–Trinajstić information content (AvgIpc) is 3.73. The van der Waals surface area contributed by atoms with Gasteiger partial charge in [-0.2, -0.15) is 5.26 Å². The fourth-order valence-electron chi connectivity index (χ4n) is 8.35. The number of nitrogens with zero attached hydrogens (tertiary/aromatic N) is 5. The van der Waals surface area contributed by atoms with E-state index in [0.29, 0.717) is 11.6 Å². The molecule has 0 fully saturated rings. The molecule has 0 amide bonds. The van der Waals surface area contributed by atoms with E-state index >= 15 is 0 Å². The second-order valence-electron chi connectivity index (χ2n) is 13.3. The third-order valence-electron chi connectivity index (χ3n) is 10.6. The minimum atomic E-state index is 0.361. The van der Waals surface area contributed by atoms with Crippen LogP contribution in [0.15, 0.2) is 164 Å². The molecule has 0 spiro atoms. The summed E-state index contributed by atoms with van der Waals surface area (Å²) < 4.78 is 4.51. The topological polar surface area (TPSA) is 59.4 Å². The molecular formula is C47H27N5. The first kappa shape index (κ1) is 28.5. The van der Waals surface area contributed by atoms with Gasteiger partial charge in [0.1, 0.15) is 6.07 Å². The molecule has 240 valence electrons. The van der Waals surface area contributed by atoms with Gasteiger partial charge in [0.15, 0.2) is 5.69 Å². The van der Waals surface area contributed by atoms with Crippen molar-refractivity contribution in [1.82, 2.24) is 19.1 Å². The van der Waals surface area contributed by atoms with Gasteiger partial charge in [0.25, 0.3) is 0 Å². The van der Waals surface area contributed by atoms with Crippen LogP contribution in [0.25, 0.3) is 98.8 Å². The van der Waals surface area contributed by atoms with Crippen LogP contribution in [-0.2, 0) is 0 Å². The summed E-state index contributed by atoms with van der Waals surface area (Å²) in [4.78, 5) is 9.91. The number of aromatic nitrogens is 4. The summed E-state index contributed by atoms with van der Waals surface area (Å²) in [5.74, 6) is 0.482. The van der Waals surface area contributed by atoms with Crippen molar-refractivity contribution in [3.63, 3.8) is 0 Å². The number of para-hydroxylation sites is 3. The van der Waals surface area contributed by atoms with Crippen molar-refractivity contribution >= 4 is 76.1 Å². The van der Waals surface area contributed by atoms with E-state index in [2.05, 4.69) is 149 Å². The molecule has 0 saturated heterocycles. The Kier molecular flexibility index (Phi) is 5.96. The van der Waals surface area contributed by atoms with E-state index in [1.165, 1.54) is 32.4 Å². The molecule has 52 heavy (non-hydrogen) atoms. The highest BCUT2D eigenvalue weighted by Gasteiger charge is 2.21. The molecule has 0 radical (unpaired) electrons. The number of hydrogen-bond donors (Lipinski definition) is 0. The number of fused-ring (bicyclic) bond motifs is 11. The Morgan fingerprint density at radius 3 is 1.94 bits per heavy atom. The Bertz CT molecular complexity index is 3310. The highest BCUT2D eigenvalue weighted by atomic mass is 15.2. The van der Waals surface area contributed by atoms with E-state index in [-0.39, 0.29) is 0 Å². The largest absolute Gasteiger partial charge is 0.309 e. The molecule has 0 aliphatic heterocycles. The van der Waals surface area contributed by atoms with Gasteiger partial charge in [0, 0.05) is 32.6 Å². The van der Waals surface area contributed by atoms with E-state index in [4.69, 9.17) is 9.97 Å². The molecule has 0 aliphatic rings. The molecule has 0 aliphatic carbocycles. The predicted octanol–water partition coefficient (Wildman–Crippen LogP) is 11.7. The molecule has 5 nitrogen and oxygen atoms in total. The Hall–Kier alpha value is -7.29. The van der Waals surface area contributed by atoms with Gasteiger partial charge in [-0.15, -0.1) is 0 Å². The lowest BCUT2D eigenvalue weighted by molar-refractivity contribution is 1.00. The zero-order chi connectivity index (χ0) is 34.3. The lowest BCUT2D eigenvalue weighted by Gasteiger charge is -2.13. The van der Waals surface area contributed by atoms with Crippen molar-refractivity contribution in [2.75, 3.05) is 0 Å². The zero-order valence-electron chi connectivity index (χ0n) is 27.8. The van der Waals surface area contributed by atoms with Crippen molar-refractivity contribution in [3.05, 3.63) is 169 Å². The van der Waals surface area contributed by atoms with Crippen molar-refractivity contribution < 1.29 is 0 Å². The SMILES string of the molecule is N#Cc1nc(-n2c3ccccc3c3c4ccccc4c(-c4ccc5c(c4)c4c6ccccc6ccc4n5-c4ccccc4)cc32)nc2ccccc12. The predicted molar refractivity (Wildman–Crippen MR) is 213 cm³/mol. The lowest BCUT2D eigenvalue weighted by atomic mass is 9.93. The van der Waals surface area contributed by atoms with Gasteiger partial charge < -0.3 is 4.57 Å². The molecular weight excluding hydrogens is 635 g/mol. The van der Waals surface area contributed by atoms with Gasteiger partial charge in [-0.1, -0.05) is 109 Å². The first-order chi connectivity index (χ1) is 25.8. The zero-order valence-corrected chi connectivity index (χ0v) is 27.8. The molecule has 3 heterocycles. The van der Waals surface area contributed by atoms with Crippen LogP contribution < -0.4 is 0 Å². The third-order valence-corrected chi connectivity index (χ3v) is 10.6. The molecule has 0 bridgehead atoms. The van der Waals surface area contributed by atoms with Gasteiger partial charge >= 0.3 is 0 Å². The summed E-state index contributed by atoms with van der Waals surface area (Å²) in [5, 5.41) is 20.4. The maximum Gasteiger partial charge on any atom is 0.236 e. The molecule has 0 saturated carbocycles. The standard InChI is InChI=1S/C47H27N5/c48-28-40-35-18-8-10-20-39(35)49-47(50-40)52-41-21-11-9-19-36(41)46-34-17-7-6-16-33(34)37(27-44(46)52)30-23-24-42-38(26-30)45-32-15-5-4-12-29(32)22-25-43(45)51(42)31-13-2-1-3-14-31/h1-27H. The van der Waals surface area contributed by atoms with Gasteiger partial charge in [0.05, 0.1) is 27.6 Å². The molecule has 0 N–H and O–H groups in total. The molecule has 0 unspecified atom stereocenters. The molecule has 11 aromatic rings. The minimum absolute atomic E-state index is 0.361. The number of benzene rings is 8. The van der Waals surface area contributed by atoms with Crippen molar-refractivity contribution in [2.24, 2.45) is 0 Å². The van der Waals surface area contributed by atoms with E-state index in [9.17, 15) is 5.26 Å². The third kappa shape index (κ3) is 3.98. The van der Waals surface area contributed by atoms with E-state index in [1.807, 2.05) is 30.3 Å². The normalized spacial score (nSPS) is 11.8. The lowest BCUT2D eigenvalue weighted by Crippen LogP contribution is -2.03. The van der Waals surface area contributed by atoms with Crippen LogP contribution in [0.4, 0.5) is 0 Å². The van der Waals surface area contributed by atoms with Crippen LogP contribution in [0.2, 0.25) is 0 Å². The van der Waals surface area contributed by atoms with Gasteiger partial charge in [-0.25, -0.2) is 9.97 Å². The summed E-state index contributed by atoms with van der Waals surface area (Å²) in [5.41, 5.74) is 8.81. The second-order valence-corrected chi connectivity index (χ2v) is 13.3. The van der Waals surface area contributed by atoms with Crippen molar-refractivity contribution in [2.45, 2.75) is 0 Å². The first-order valence-electron chi connectivity index (χ1n) is 17.4.